The predicted octanol–water partition coefficient (Wildman–Crippen LogP) is 13.5. The molecule has 1 unspecified atom stereocenters. The molecule has 0 saturated heterocycles. The van der Waals surface area contributed by atoms with Crippen molar-refractivity contribution in [2.24, 2.45) is 0 Å². The van der Waals surface area contributed by atoms with Crippen LogP contribution >= 0.6 is 11.8 Å². The molecule has 1 aliphatic carbocycles. The quantitative estimate of drug-likeness (QED) is 0.175. The largest absolute Gasteiger partial charge is 0.228 e. The van der Waals surface area contributed by atoms with Gasteiger partial charge in [0, 0.05) is 26.5 Å². The molecule has 1 spiro atoms. The molecule has 0 fully saturated rings. The zero-order chi connectivity index (χ0) is 38.6. The average molecular weight is 756 g/mol. The Balaban J connectivity index is 1.11. The summed E-state index contributed by atoms with van der Waals surface area (Å²) in [5, 5.41) is 9.29. The molecule has 0 saturated carbocycles. The summed E-state index contributed by atoms with van der Waals surface area (Å²) in [5.41, 5.74) is 17.1. The monoisotopic (exact) mass is 755 g/mol. The van der Waals surface area contributed by atoms with Crippen molar-refractivity contribution in [1.29, 1.82) is 5.26 Å². The fourth-order valence-corrected chi connectivity index (χ4v) is 10.1. The summed E-state index contributed by atoms with van der Waals surface area (Å²) in [4.78, 5) is 13.0. The van der Waals surface area contributed by atoms with Gasteiger partial charge in [0.1, 0.15) is 0 Å². The van der Waals surface area contributed by atoms with Crippen LogP contribution < -0.4 is 0 Å². The summed E-state index contributed by atoms with van der Waals surface area (Å²) >= 11 is 1.84. The highest BCUT2D eigenvalue weighted by atomic mass is 32.2. The predicted molar refractivity (Wildman–Crippen MR) is 235 cm³/mol. The number of rotatable bonds is 5. The van der Waals surface area contributed by atoms with Crippen LogP contribution in [-0.2, 0) is 5.41 Å². The molecule has 1 atom stereocenters. The third-order valence-electron chi connectivity index (χ3n) is 11.6. The van der Waals surface area contributed by atoms with Gasteiger partial charge < -0.3 is 0 Å². The molecule has 4 heteroatoms. The van der Waals surface area contributed by atoms with Crippen LogP contribution in [0.1, 0.15) is 27.8 Å². The Labute approximate surface area is 342 Å². The minimum atomic E-state index is -0.573. The van der Waals surface area contributed by atoms with E-state index < -0.39 is 5.41 Å². The Morgan fingerprint density at radius 3 is 1.55 bits per heavy atom. The van der Waals surface area contributed by atoms with E-state index in [2.05, 4.69) is 170 Å². The van der Waals surface area contributed by atoms with Gasteiger partial charge in [-0.05, 0) is 98.1 Å². The lowest BCUT2D eigenvalue weighted by molar-refractivity contribution is 0.723. The fourth-order valence-electron chi connectivity index (χ4n) is 8.90. The number of nitriles is 1. The molecule has 0 N–H and O–H groups in total. The second-order valence-electron chi connectivity index (χ2n) is 14.8. The van der Waals surface area contributed by atoms with Crippen LogP contribution in [0.4, 0.5) is 0 Å². The first kappa shape index (κ1) is 34.0. The van der Waals surface area contributed by atoms with Crippen molar-refractivity contribution in [2.75, 3.05) is 0 Å². The summed E-state index contributed by atoms with van der Waals surface area (Å²) < 4.78 is 0. The van der Waals surface area contributed by atoms with E-state index in [-0.39, 0.29) is 0 Å². The molecule has 58 heavy (non-hydrogen) atoms. The molecule has 2 aliphatic rings. The number of hydrogen-bond acceptors (Lipinski definition) is 4. The first-order valence-corrected chi connectivity index (χ1v) is 20.3. The fraction of sp³-hybridized carbons (Fsp3) is 0.0185. The number of aromatic nitrogens is 2. The number of fused-ring (bicyclic) bond motifs is 9. The van der Waals surface area contributed by atoms with E-state index in [1.807, 2.05) is 48.2 Å². The zero-order valence-corrected chi connectivity index (χ0v) is 32.1. The Kier molecular flexibility index (Phi) is 8.03. The zero-order valence-electron chi connectivity index (χ0n) is 31.3. The van der Waals surface area contributed by atoms with Gasteiger partial charge in [0.15, 0.2) is 5.82 Å². The lowest BCUT2D eigenvalue weighted by Crippen LogP contribution is -2.32. The van der Waals surface area contributed by atoms with Crippen LogP contribution in [0.15, 0.2) is 210 Å². The molecule has 2 heterocycles. The highest BCUT2D eigenvalue weighted by molar-refractivity contribution is 7.99. The molecule has 9 aromatic rings. The van der Waals surface area contributed by atoms with E-state index in [1.54, 1.807) is 0 Å². The van der Waals surface area contributed by atoms with E-state index in [9.17, 15) is 5.26 Å². The van der Waals surface area contributed by atoms with Crippen LogP contribution in [0.25, 0.3) is 67.3 Å². The second kappa shape index (κ2) is 13.7. The summed E-state index contributed by atoms with van der Waals surface area (Å²) in [6.45, 7) is 0. The van der Waals surface area contributed by atoms with Gasteiger partial charge in [-0.3, -0.25) is 0 Å². The van der Waals surface area contributed by atoms with Crippen LogP contribution in [0, 0.1) is 11.3 Å². The summed E-state index contributed by atoms with van der Waals surface area (Å²) in [6.07, 6.45) is 0. The summed E-state index contributed by atoms with van der Waals surface area (Å²) in [7, 11) is 0. The van der Waals surface area contributed by atoms with Crippen molar-refractivity contribution in [3.8, 4) is 73.4 Å². The van der Waals surface area contributed by atoms with Gasteiger partial charge in [-0.15, -0.1) is 0 Å². The van der Waals surface area contributed by atoms with Crippen LogP contribution in [0.3, 0.4) is 0 Å². The summed E-state index contributed by atoms with van der Waals surface area (Å²) in [6, 6.07) is 73.3. The maximum absolute atomic E-state index is 9.29. The Morgan fingerprint density at radius 1 is 0.379 bits per heavy atom. The molecule has 8 aromatic carbocycles. The molecule has 270 valence electrons. The van der Waals surface area contributed by atoms with Gasteiger partial charge in [0.2, 0.25) is 0 Å². The van der Waals surface area contributed by atoms with Gasteiger partial charge in [-0.2, -0.15) is 5.26 Å². The van der Waals surface area contributed by atoms with Gasteiger partial charge in [0.25, 0.3) is 0 Å². The first-order chi connectivity index (χ1) is 28.7. The van der Waals surface area contributed by atoms with Crippen LogP contribution in [0.2, 0.25) is 0 Å². The van der Waals surface area contributed by atoms with Crippen LogP contribution in [0.5, 0.6) is 0 Å². The molecule has 11 rings (SSSR count). The number of nitrogens with zero attached hydrogens (tertiary/aromatic N) is 3. The van der Waals surface area contributed by atoms with E-state index in [4.69, 9.17) is 9.97 Å². The topological polar surface area (TPSA) is 49.6 Å². The second-order valence-corrected chi connectivity index (χ2v) is 15.9. The average Bonchev–Trinajstić information content (AvgIpc) is 3.59. The van der Waals surface area contributed by atoms with Crippen molar-refractivity contribution < 1.29 is 0 Å². The number of hydrogen-bond donors (Lipinski definition) is 0. The summed E-state index contributed by atoms with van der Waals surface area (Å²) in [5.74, 6) is 0.699. The van der Waals surface area contributed by atoms with Crippen molar-refractivity contribution in [3.63, 3.8) is 0 Å². The maximum atomic E-state index is 9.29. The lowest BCUT2D eigenvalue weighted by Gasteiger charge is -2.40. The number of benzene rings is 8. The standard InChI is InChI=1S/C54H33N3S/c55-34-35-19-21-36(22-20-35)37-23-25-38(26-24-37)41-27-29-44-43-15-7-8-16-45(43)54(47(44)31-41)46-17-9-10-18-51(46)58-52-30-28-42(32-48(52)54)53-56-49(39-11-3-1-4-12-39)33-50(57-53)40-13-5-2-6-14-40/h1-33H. The minimum Gasteiger partial charge on any atom is -0.228 e. The first-order valence-electron chi connectivity index (χ1n) is 19.4. The van der Waals surface area contributed by atoms with E-state index >= 15 is 0 Å². The van der Waals surface area contributed by atoms with Crippen molar-refractivity contribution in [1.82, 2.24) is 9.97 Å². The van der Waals surface area contributed by atoms with E-state index in [0.717, 1.165) is 50.3 Å². The molecular weight excluding hydrogens is 723 g/mol. The maximum Gasteiger partial charge on any atom is 0.160 e. The highest BCUT2D eigenvalue weighted by Gasteiger charge is 2.50. The lowest BCUT2D eigenvalue weighted by atomic mass is 9.67. The highest BCUT2D eigenvalue weighted by Crippen LogP contribution is 2.62. The van der Waals surface area contributed by atoms with Crippen molar-refractivity contribution in [3.05, 3.63) is 228 Å². The SMILES string of the molecule is N#Cc1ccc(-c2ccc(-c3ccc4c(c3)C3(c5ccccc5Sc5ccc(-c6nc(-c7ccccc7)cc(-c7ccccc7)n6)cc53)c3ccccc3-4)cc2)cc1. The van der Waals surface area contributed by atoms with Gasteiger partial charge >= 0.3 is 0 Å². The van der Waals surface area contributed by atoms with Crippen LogP contribution in [-0.4, -0.2) is 9.97 Å². The van der Waals surface area contributed by atoms with Gasteiger partial charge in [0.05, 0.1) is 28.4 Å². The van der Waals surface area contributed by atoms with Gasteiger partial charge in [-0.1, -0.05) is 169 Å². The third kappa shape index (κ3) is 5.44. The molecular formula is C54H33N3S. The Bertz CT molecular complexity index is 3020. The minimum absolute atomic E-state index is 0.573. The Hall–Kier alpha value is -7.32. The molecule has 0 amide bonds. The van der Waals surface area contributed by atoms with Gasteiger partial charge in [-0.25, -0.2) is 9.97 Å². The molecule has 1 aromatic heterocycles. The van der Waals surface area contributed by atoms with Crippen molar-refractivity contribution >= 4 is 11.8 Å². The smallest absolute Gasteiger partial charge is 0.160 e. The molecule has 3 nitrogen and oxygen atoms in total. The third-order valence-corrected chi connectivity index (χ3v) is 12.8. The molecule has 1 aliphatic heterocycles. The Morgan fingerprint density at radius 2 is 0.879 bits per heavy atom. The molecule has 0 bridgehead atoms. The molecule has 0 radical (unpaired) electrons. The van der Waals surface area contributed by atoms with E-state index in [1.165, 1.54) is 43.2 Å². The van der Waals surface area contributed by atoms with E-state index in [0.29, 0.717) is 11.4 Å². The van der Waals surface area contributed by atoms with Crippen molar-refractivity contribution in [2.45, 2.75) is 15.2 Å². The normalized spacial score (nSPS) is 14.5.